The summed E-state index contributed by atoms with van der Waals surface area (Å²) in [5, 5.41) is 0. The van der Waals surface area contributed by atoms with E-state index >= 15 is 0 Å². The molecule has 0 aromatic carbocycles. The van der Waals surface area contributed by atoms with Gasteiger partial charge < -0.3 is 13.3 Å². The van der Waals surface area contributed by atoms with Crippen LogP contribution < -0.4 is 0 Å². The van der Waals surface area contributed by atoms with Crippen molar-refractivity contribution in [1.29, 1.82) is 0 Å². The van der Waals surface area contributed by atoms with E-state index in [0.717, 1.165) is 0 Å². The Labute approximate surface area is 79.9 Å². The van der Waals surface area contributed by atoms with Crippen molar-refractivity contribution in [2.45, 2.75) is 20.8 Å². The molecule has 76 valence electrons. The Kier molecular flexibility index (Phi) is 5.61. The van der Waals surface area contributed by atoms with E-state index in [2.05, 4.69) is 6.58 Å². The summed E-state index contributed by atoms with van der Waals surface area (Å²) in [6, 6.07) is 0. The van der Waals surface area contributed by atoms with Crippen molar-refractivity contribution in [2.75, 3.05) is 13.2 Å². The highest BCUT2D eigenvalue weighted by Gasteiger charge is 2.40. The van der Waals surface area contributed by atoms with Crippen LogP contribution in [-0.4, -0.2) is 28.0 Å². The molecule has 0 radical (unpaired) electrons. The van der Waals surface area contributed by atoms with E-state index in [1.165, 1.54) is 12.6 Å². The van der Waals surface area contributed by atoms with Crippen LogP contribution in [0.25, 0.3) is 0 Å². The molecule has 0 aliphatic heterocycles. The first-order valence-corrected chi connectivity index (χ1v) is 6.01. The van der Waals surface area contributed by atoms with Gasteiger partial charge in [-0.3, -0.25) is 4.79 Å². The molecule has 0 saturated heterocycles. The van der Waals surface area contributed by atoms with Gasteiger partial charge in [-0.2, -0.15) is 0 Å². The summed E-state index contributed by atoms with van der Waals surface area (Å²) in [6.45, 7) is 9.38. The van der Waals surface area contributed by atoms with Gasteiger partial charge >= 0.3 is 8.80 Å². The maximum atomic E-state index is 10.8. The van der Waals surface area contributed by atoms with E-state index in [-0.39, 0.29) is 0 Å². The molecular formula is C8H16O4Si. The molecule has 0 aromatic rings. The molecule has 5 heteroatoms. The minimum absolute atomic E-state index is 0.409. The molecule has 13 heavy (non-hydrogen) atoms. The Hall–Kier alpha value is -0.653. The molecule has 0 aromatic heterocycles. The molecule has 0 atom stereocenters. The van der Waals surface area contributed by atoms with Crippen LogP contribution in [0.3, 0.4) is 0 Å². The van der Waals surface area contributed by atoms with E-state index < -0.39 is 14.8 Å². The van der Waals surface area contributed by atoms with Crippen LogP contribution in [0.4, 0.5) is 0 Å². The maximum absolute atomic E-state index is 10.8. The standard InChI is InChI=1S/C8H16O4Si/c1-5-10-13(7-3,11-6-2)12-8(4)9/h7H,3,5-6H2,1-2,4H3. The highest BCUT2D eigenvalue weighted by Crippen LogP contribution is 2.10. The van der Waals surface area contributed by atoms with E-state index in [1.54, 1.807) is 0 Å². The topological polar surface area (TPSA) is 44.8 Å². The van der Waals surface area contributed by atoms with E-state index in [0.29, 0.717) is 13.2 Å². The zero-order valence-corrected chi connectivity index (χ0v) is 9.33. The predicted molar refractivity (Wildman–Crippen MR) is 51.0 cm³/mol. The lowest BCUT2D eigenvalue weighted by Crippen LogP contribution is -2.45. The Morgan fingerprint density at radius 3 is 2.08 bits per heavy atom. The Morgan fingerprint density at radius 1 is 1.38 bits per heavy atom. The van der Waals surface area contributed by atoms with E-state index in [1.807, 2.05) is 13.8 Å². The fourth-order valence-corrected chi connectivity index (χ4v) is 2.59. The van der Waals surface area contributed by atoms with Crippen LogP contribution in [0.15, 0.2) is 12.3 Å². The highest BCUT2D eigenvalue weighted by molar-refractivity contribution is 6.67. The molecule has 0 spiro atoms. The monoisotopic (exact) mass is 204 g/mol. The predicted octanol–water partition coefficient (Wildman–Crippen LogP) is 1.29. The van der Waals surface area contributed by atoms with Crippen LogP contribution in [0.1, 0.15) is 20.8 Å². The third kappa shape index (κ3) is 4.21. The van der Waals surface area contributed by atoms with Crippen molar-refractivity contribution in [3.8, 4) is 0 Å². The smallest absolute Gasteiger partial charge is 0.471 e. The van der Waals surface area contributed by atoms with Gasteiger partial charge in [0.2, 0.25) is 0 Å². The third-order valence-corrected chi connectivity index (χ3v) is 3.68. The maximum Gasteiger partial charge on any atom is 0.596 e. The second-order valence-electron chi connectivity index (χ2n) is 2.27. The minimum Gasteiger partial charge on any atom is -0.471 e. The van der Waals surface area contributed by atoms with Crippen molar-refractivity contribution in [2.24, 2.45) is 0 Å². The molecule has 0 bridgehead atoms. The van der Waals surface area contributed by atoms with Crippen LogP contribution in [0.2, 0.25) is 0 Å². The van der Waals surface area contributed by atoms with Crippen LogP contribution in [0.5, 0.6) is 0 Å². The molecule has 0 fully saturated rings. The SMILES string of the molecule is C=C[Si](OCC)(OCC)OC(C)=O. The molecule has 0 saturated carbocycles. The normalized spacial score (nSPS) is 11.0. The Bertz CT molecular complexity index is 175. The summed E-state index contributed by atoms with van der Waals surface area (Å²) in [6.07, 6.45) is 0. The molecule has 0 amide bonds. The summed E-state index contributed by atoms with van der Waals surface area (Å²) in [5.74, 6) is -0.409. The number of rotatable bonds is 6. The van der Waals surface area contributed by atoms with Gasteiger partial charge in [0.15, 0.2) is 0 Å². The van der Waals surface area contributed by atoms with Gasteiger partial charge in [0.05, 0.1) is 0 Å². The minimum atomic E-state index is -2.92. The summed E-state index contributed by atoms with van der Waals surface area (Å²) < 4.78 is 15.6. The third-order valence-electron chi connectivity index (χ3n) is 1.23. The molecule has 0 rings (SSSR count). The lowest BCUT2D eigenvalue weighted by Gasteiger charge is -2.23. The highest BCUT2D eigenvalue weighted by atomic mass is 28.4. The van der Waals surface area contributed by atoms with Gasteiger partial charge in [0.25, 0.3) is 5.97 Å². The van der Waals surface area contributed by atoms with Gasteiger partial charge in [-0.15, -0.1) is 0 Å². The van der Waals surface area contributed by atoms with Crippen LogP contribution in [-0.2, 0) is 18.1 Å². The fourth-order valence-electron chi connectivity index (χ4n) is 0.863. The summed E-state index contributed by atoms with van der Waals surface area (Å²) in [4.78, 5) is 10.8. The van der Waals surface area contributed by atoms with Crippen LogP contribution in [0, 0.1) is 0 Å². The van der Waals surface area contributed by atoms with Gasteiger partial charge in [-0.1, -0.05) is 6.58 Å². The van der Waals surface area contributed by atoms with Gasteiger partial charge in [-0.25, -0.2) is 0 Å². The van der Waals surface area contributed by atoms with Crippen molar-refractivity contribution in [3.63, 3.8) is 0 Å². The molecule has 0 aliphatic carbocycles. The van der Waals surface area contributed by atoms with Gasteiger partial charge in [-0.05, 0) is 19.5 Å². The number of carbonyl (C=O) groups is 1. The summed E-state index contributed by atoms with van der Waals surface area (Å²) in [7, 11) is -2.92. The quantitative estimate of drug-likeness (QED) is 0.611. The average Bonchev–Trinajstić information content (AvgIpc) is 2.04. The molecule has 4 nitrogen and oxygen atoms in total. The molecule has 0 aliphatic rings. The lowest BCUT2D eigenvalue weighted by molar-refractivity contribution is -0.136. The molecule has 0 unspecified atom stereocenters. The lowest BCUT2D eigenvalue weighted by atomic mass is 10.9. The van der Waals surface area contributed by atoms with Crippen molar-refractivity contribution in [1.82, 2.24) is 0 Å². The average molecular weight is 204 g/mol. The van der Waals surface area contributed by atoms with Crippen molar-refractivity contribution < 1.29 is 18.1 Å². The summed E-state index contributed by atoms with van der Waals surface area (Å²) in [5.41, 5.74) is 1.46. The van der Waals surface area contributed by atoms with Gasteiger partial charge in [0.1, 0.15) is 0 Å². The second kappa shape index (κ2) is 5.90. The zero-order valence-electron chi connectivity index (χ0n) is 8.33. The Balaban J connectivity index is 4.42. The number of hydrogen-bond acceptors (Lipinski definition) is 4. The van der Waals surface area contributed by atoms with Crippen molar-refractivity contribution in [3.05, 3.63) is 12.3 Å². The van der Waals surface area contributed by atoms with E-state index in [9.17, 15) is 4.79 Å². The molecule has 0 heterocycles. The first-order chi connectivity index (χ1) is 6.10. The largest absolute Gasteiger partial charge is 0.596 e. The van der Waals surface area contributed by atoms with Crippen molar-refractivity contribution >= 4 is 14.8 Å². The second-order valence-corrected chi connectivity index (χ2v) is 4.66. The number of carbonyl (C=O) groups excluding carboxylic acids is 1. The first kappa shape index (κ1) is 12.3. The Morgan fingerprint density at radius 2 is 1.85 bits per heavy atom. The number of hydrogen-bond donors (Lipinski definition) is 0. The molecular weight excluding hydrogens is 188 g/mol. The van der Waals surface area contributed by atoms with Gasteiger partial charge in [0, 0.05) is 20.1 Å². The summed E-state index contributed by atoms with van der Waals surface area (Å²) >= 11 is 0. The van der Waals surface area contributed by atoms with Crippen LogP contribution >= 0.6 is 0 Å². The fraction of sp³-hybridized carbons (Fsp3) is 0.625. The zero-order chi connectivity index (χ0) is 10.3. The first-order valence-electron chi connectivity index (χ1n) is 4.21. The molecule has 0 N–H and O–H groups in total. The van der Waals surface area contributed by atoms with E-state index in [4.69, 9.17) is 13.3 Å².